The third kappa shape index (κ3) is 4.62. The zero-order chi connectivity index (χ0) is 14.3. The monoisotopic (exact) mass is 276 g/mol. The maximum atomic E-state index is 12.2. The van der Waals surface area contributed by atoms with Crippen LogP contribution in [0.3, 0.4) is 0 Å². The van der Waals surface area contributed by atoms with Crippen molar-refractivity contribution in [1.82, 2.24) is 4.90 Å². The molecule has 0 heterocycles. The van der Waals surface area contributed by atoms with Gasteiger partial charge in [0.1, 0.15) is 0 Å². The van der Waals surface area contributed by atoms with Crippen molar-refractivity contribution in [3.05, 3.63) is 34.9 Å². The summed E-state index contributed by atoms with van der Waals surface area (Å²) in [5, 5.41) is 0. The van der Waals surface area contributed by atoms with E-state index >= 15 is 0 Å². The van der Waals surface area contributed by atoms with Crippen LogP contribution in [0.5, 0.6) is 0 Å². The summed E-state index contributed by atoms with van der Waals surface area (Å²) in [4.78, 5) is 14.0. The van der Waals surface area contributed by atoms with Crippen LogP contribution in [0, 0.1) is 18.8 Å². The first-order valence-corrected chi connectivity index (χ1v) is 7.53. The molecule has 0 bridgehead atoms. The van der Waals surface area contributed by atoms with Gasteiger partial charge >= 0.3 is 0 Å². The van der Waals surface area contributed by atoms with Crippen molar-refractivity contribution in [2.45, 2.75) is 6.92 Å². The molecule has 19 heavy (non-hydrogen) atoms. The van der Waals surface area contributed by atoms with Gasteiger partial charge in [0.05, 0.1) is 6.54 Å². The summed E-state index contributed by atoms with van der Waals surface area (Å²) in [5.41, 5.74) is 7.98. The van der Waals surface area contributed by atoms with Crippen molar-refractivity contribution >= 4 is 17.7 Å². The number of thioether (sulfide) groups is 1. The molecule has 2 N–H and O–H groups in total. The van der Waals surface area contributed by atoms with Crippen LogP contribution in [0.1, 0.15) is 21.5 Å². The summed E-state index contributed by atoms with van der Waals surface area (Å²) in [7, 11) is 1.82. The lowest BCUT2D eigenvalue weighted by atomic mass is 10.0. The van der Waals surface area contributed by atoms with Crippen molar-refractivity contribution < 1.29 is 4.79 Å². The highest BCUT2D eigenvalue weighted by Crippen LogP contribution is 2.12. The molecule has 0 fully saturated rings. The van der Waals surface area contributed by atoms with Gasteiger partial charge < -0.3 is 10.6 Å². The molecule has 0 radical (unpaired) electrons. The third-order valence-electron chi connectivity index (χ3n) is 2.79. The predicted molar refractivity (Wildman–Crippen MR) is 82.5 cm³/mol. The lowest BCUT2D eigenvalue weighted by Gasteiger charge is -2.17. The van der Waals surface area contributed by atoms with E-state index in [4.69, 9.17) is 5.73 Å². The highest BCUT2D eigenvalue weighted by molar-refractivity contribution is 7.98. The van der Waals surface area contributed by atoms with Gasteiger partial charge in [0.25, 0.3) is 5.91 Å². The summed E-state index contributed by atoms with van der Waals surface area (Å²) in [5.74, 6) is 6.80. The molecule has 1 aromatic rings. The van der Waals surface area contributed by atoms with Crippen LogP contribution in [-0.4, -0.2) is 43.0 Å². The largest absolute Gasteiger partial charge is 0.341 e. The van der Waals surface area contributed by atoms with Gasteiger partial charge in [0, 0.05) is 30.5 Å². The van der Waals surface area contributed by atoms with Gasteiger partial charge in [-0.15, -0.1) is 0 Å². The molecule has 3 nitrogen and oxygen atoms in total. The fourth-order valence-corrected chi connectivity index (χ4v) is 2.04. The van der Waals surface area contributed by atoms with Crippen LogP contribution in [0.2, 0.25) is 0 Å². The number of benzene rings is 1. The summed E-state index contributed by atoms with van der Waals surface area (Å²) < 4.78 is 0. The summed E-state index contributed by atoms with van der Waals surface area (Å²) >= 11 is 1.73. The zero-order valence-corrected chi connectivity index (χ0v) is 12.5. The number of hydrogen-bond donors (Lipinski definition) is 1. The number of carbonyl (C=O) groups is 1. The van der Waals surface area contributed by atoms with Crippen LogP contribution >= 0.6 is 11.8 Å². The maximum Gasteiger partial charge on any atom is 0.253 e. The van der Waals surface area contributed by atoms with Crippen molar-refractivity contribution in [3.8, 4) is 11.8 Å². The molecule has 0 aliphatic carbocycles. The fraction of sp³-hybridized carbons (Fsp3) is 0.400. The Morgan fingerprint density at radius 2 is 2.21 bits per heavy atom. The van der Waals surface area contributed by atoms with E-state index in [1.165, 1.54) is 0 Å². The Morgan fingerprint density at radius 3 is 2.84 bits per heavy atom. The van der Waals surface area contributed by atoms with E-state index in [2.05, 4.69) is 11.8 Å². The number of nitrogens with two attached hydrogens (primary N) is 1. The molecular formula is C15H20N2OS. The number of hydrogen-bond acceptors (Lipinski definition) is 3. The molecular weight excluding hydrogens is 256 g/mol. The Labute approximate surface area is 119 Å². The summed E-state index contributed by atoms with van der Waals surface area (Å²) in [6.45, 7) is 3.05. The minimum absolute atomic E-state index is 0.0323. The lowest BCUT2D eigenvalue weighted by Crippen LogP contribution is -2.28. The minimum Gasteiger partial charge on any atom is -0.341 e. The van der Waals surface area contributed by atoms with Gasteiger partial charge in [-0.1, -0.05) is 17.9 Å². The Hall–Kier alpha value is -1.44. The Kier molecular flexibility index (Phi) is 6.48. The van der Waals surface area contributed by atoms with E-state index in [1.54, 1.807) is 16.7 Å². The van der Waals surface area contributed by atoms with E-state index < -0.39 is 0 Å². The maximum absolute atomic E-state index is 12.2. The minimum atomic E-state index is 0.0323. The molecule has 0 saturated carbocycles. The number of rotatable bonds is 4. The molecule has 0 spiro atoms. The first-order chi connectivity index (χ1) is 9.10. The van der Waals surface area contributed by atoms with Crippen LogP contribution in [-0.2, 0) is 0 Å². The Morgan fingerprint density at radius 1 is 1.47 bits per heavy atom. The molecule has 4 heteroatoms. The van der Waals surface area contributed by atoms with Gasteiger partial charge in [-0.2, -0.15) is 11.8 Å². The average Bonchev–Trinajstić information content (AvgIpc) is 2.43. The van der Waals surface area contributed by atoms with Gasteiger partial charge in [0.2, 0.25) is 0 Å². The Balaban J connectivity index is 2.92. The molecule has 0 atom stereocenters. The second-order valence-corrected chi connectivity index (χ2v) is 5.24. The first kappa shape index (κ1) is 15.6. The number of carbonyl (C=O) groups excluding carboxylic acids is 1. The van der Waals surface area contributed by atoms with Gasteiger partial charge in [-0.3, -0.25) is 4.79 Å². The van der Waals surface area contributed by atoms with Gasteiger partial charge in [-0.05, 0) is 30.9 Å². The van der Waals surface area contributed by atoms with E-state index in [1.807, 2.05) is 38.4 Å². The lowest BCUT2D eigenvalue weighted by molar-refractivity contribution is 0.0803. The molecule has 0 aromatic heterocycles. The summed E-state index contributed by atoms with van der Waals surface area (Å²) in [6, 6.07) is 5.62. The van der Waals surface area contributed by atoms with Crippen LogP contribution in [0.4, 0.5) is 0 Å². The SMILES string of the molecule is CSCCN(C)C(=O)c1ccc(C)c(C#CCN)c1. The molecule has 0 unspecified atom stereocenters. The number of amides is 1. The molecule has 0 saturated heterocycles. The number of nitrogens with zero attached hydrogens (tertiary/aromatic N) is 1. The predicted octanol–water partition coefficient (Wildman–Crippen LogP) is 1.74. The fourth-order valence-electron chi connectivity index (χ4n) is 1.59. The quantitative estimate of drug-likeness (QED) is 0.852. The molecule has 0 aliphatic heterocycles. The number of aryl methyl sites for hydroxylation is 1. The van der Waals surface area contributed by atoms with Crippen molar-refractivity contribution in [1.29, 1.82) is 0 Å². The van der Waals surface area contributed by atoms with Crippen LogP contribution in [0.25, 0.3) is 0 Å². The van der Waals surface area contributed by atoms with Gasteiger partial charge in [-0.25, -0.2) is 0 Å². The molecule has 1 amide bonds. The van der Waals surface area contributed by atoms with Crippen molar-refractivity contribution in [3.63, 3.8) is 0 Å². The first-order valence-electron chi connectivity index (χ1n) is 6.14. The van der Waals surface area contributed by atoms with E-state index in [-0.39, 0.29) is 5.91 Å². The zero-order valence-electron chi connectivity index (χ0n) is 11.7. The standard InChI is InChI=1S/C15H20N2OS/c1-12-6-7-14(11-13(12)5-4-8-16)15(18)17(2)9-10-19-3/h6-7,11H,8-10,16H2,1-3H3. The van der Waals surface area contributed by atoms with Crippen molar-refractivity contribution in [2.75, 3.05) is 32.1 Å². The van der Waals surface area contributed by atoms with Crippen LogP contribution < -0.4 is 5.73 Å². The molecule has 0 aliphatic rings. The average molecular weight is 276 g/mol. The molecule has 1 aromatic carbocycles. The van der Waals surface area contributed by atoms with Crippen LogP contribution in [0.15, 0.2) is 18.2 Å². The summed E-state index contributed by atoms with van der Waals surface area (Å²) in [6.07, 6.45) is 2.03. The highest BCUT2D eigenvalue weighted by Gasteiger charge is 2.12. The normalized spacial score (nSPS) is 9.68. The molecule has 1 rings (SSSR count). The Bertz CT molecular complexity index is 503. The van der Waals surface area contributed by atoms with E-state index in [9.17, 15) is 4.79 Å². The van der Waals surface area contributed by atoms with Crippen molar-refractivity contribution in [2.24, 2.45) is 5.73 Å². The second-order valence-electron chi connectivity index (χ2n) is 4.26. The third-order valence-corrected chi connectivity index (χ3v) is 3.38. The smallest absolute Gasteiger partial charge is 0.253 e. The van der Waals surface area contributed by atoms with E-state index in [0.717, 1.165) is 23.4 Å². The van der Waals surface area contributed by atoms with E-state index in [0.29, 0.717) is 12.1 Å². The molecule has 102 valence electrons. The topological polar surface area (TPSA) is 46.3 Å². The van der Waals surface area contributed by atoms with Gasteiger partial charge in [0.15, 0.2) is 0 Å². The highest BCUT2D eigenvalue weighted by atomic mass is 32.2. The second kappa shape index (κ2) is 7.88.